The third-order valence-corrected chi connectivity index (χ3v) is 4.74. The van der Waals surface area contributed by atoms with Gasteiger partial charge >= 0.3 is 0 Å². The molecule has 0 atom stereocenters. The monoisotopic (exact) mass is 302 g/mol. The van der Waals surface area contributed by atoms with E-state index in [1.54, 1.807) is 6.07 Å². The van der Waals surface area contributed by atoms with Crippen LogP contribution in [0.15, 0.2) is 39.9 Å². The number of thiophene rings is 1. The van der Waals surface area contributed by atoms with Crippen molar-refractivity contribution in [2.24, 2.45) is 0 Å². The molecule has 0 saturated carbocycles. The molecule has 0 radical (unpaired) electrons. The van der Waals surface area contributed by atoms with Crippen LogP contribution in [-0.4, -0.2) is 8.42 Å². The van der Waals surface area contributed by atoms with Crippen molar-refractivity contribution in [3.8, 4) is 0 Å². The molecule has 7 heteroatoms. The van der Waals surface area contributed by atoms with E-state index in [0.717, 1.165) is 5.56 Å². The number of nitrogens with two attached hydrogens (primary N) is 1. The zero-order valence-corrected chi connectivity index (χ0v) is 11.6. The molecule has 0 unspecified atom stereocenters. The lowest BCUT2D eigenvalue weighted by atomic mass is 10.3. The van der Waals surface area contributed by atoms with Crippen LogP contribution in [0.4, 0.5) is 5.69 Å². The van der Waals surface area contributed by atoms with Gasteiger partial charge in [0.25, 0.3) is 0 Å². The third kappa shape index (κ3) is 3.02. The minimum Gasteiger partial charge on any atom is -0.398 e. The number of rotatable bonds is 4. The maximum Gasteiger partial charge on any atom is 0.242 e. The SMILES string of the molecule is Nc1ccc(Cl)cc1S(=O)(=O)NCc1ccsc1. The first-order valence-electron chi connectivity index (χ1n) is 5.05. The Labute approximate surface area is 114 Å². The van der Waals surface area contributed by atoms with E-state index >= 15 is 0 Å². The highest BCUT2D eigenvalue weighted by molar-refractivity contribution is 7.89. The Kier molecular flexibility index (Phi) is 3.91. The van der Waals surface area contributed by atoms with Crippen LogP contribution in [0.5, 0.6) is 0 Å². The molecule has 0 aliphatic carbocycles. The second-order valence-corrected chi connectivity index (χ2v) is 6.59. The number of halogens is 1. The van der Waals surface area contributed by atoms with Crippen molar-refractivity contribution in [3.63, 3.8) is 0 Å². The van der Waals surface area contributed by atoms with Gasteiger partial charge in [-0.05, 0) is 40.6 Å². The van der Waals surface area contributed by atoms with Crippen molar-refractivity contribution in [2.75, 3.05) is 5.73 Å². The lowest BCUT2D eigenvalue weighted by Gasteiger charge is -2.08. The molecule has 96 valence electrons. The summed E-state index contributed by atoms with van der Waals surface area (Å²) < 4.78 is 26.6. The number of nitrogens with one attached hydrogen (secondary N) is 1. The average Bonchev–Trinajstić information content (AvgIpc) is 2.83. The van der Waals surface area contributed by atoms with Crippen LogP contribution in [0.1, 0.15) is 5.56 Å². The summed E-state index contributed by atoms with van der Waals surface area (Å²) in [6, 6.07) is 6.22. The van der Waals surface area contributed by atoms with E-state index in [9.17, 15) is 8.42 Å². The van der Waals surface area contributed by atoms with Gasteiger partial charge in [0.15, 0.2) is 0 Å². The minimum atomic E-state index is -3.64. The maximum absolute atomic E-state index is 12.1. The van der Waals surface area contributed by atoms with Crippen LogP contribution >= 0.6 is 22.9 Å². The fourth-order valence-electron chi connectivity index (χ4n) is 1.39. The predicted molar refractivity (Wildman–Crippen MR) is 74.2 cm³/mol. The fraction of sp³-hybridized carbons (Fsp3) is 0.0909. The number of hydrogen-bond acceptors (Lipinski definition) is 4. The number of sulfonamides is 1. The van der Waals surface area contributed by atoms with E-state index in [-0.39, 0.29) is 17.1 Å². The van der Waals surface area contributed by atoms with Crippen molar-refractivity contribution in [1.82, 2.24) is 4.72 Å². The Morgan fingerprint density at radius 3 is 2.78 bits per heavy atom. The maximum atomic E-state index is 12.1. The van der Waals surface area contributed by atoms with E-state index in [2.05, 4.69) is 4.72 Å². The van der Waals surface area contributed by atoms with Crippen molar-refractivity contribution < 1.29 is 8.42 Å². The highest BCUT2D eigenvalue weighted by Crippen LogP contribution is 2.22. The molecule has 0 spiro atoms. The van der Waals surface area contributed by atoms with Crippen LogP contribution in [0.25, 0.3) is 0 Å². The molecule has 0 saturated heterocycles. The van der Waals surface area contributed by atoms with Gasteiger partial charge in [-0.25, -0.2) is 13.1 Å². The van der Waals surface area contributed by atoms with Crippen molar-refractivity contribution in [3.05, 3.63) is 45.6 Å². The standard InChI is InChI=1S/C11H11ClN2O2S2/c12-9-1-2-10(13)11(5-9)18(15,16)14-6-8-3-4-17-7-8/h1-5,7,14H,6,13H2. The summed E-state index contributed by atoms with van der Waals surface area (Å²) in [5.41, 5.74) is 6.73. The smallest absolute Gasteiger partial charge is 0.242 e. The first-order chi connectivity index (χ1) is 8.49. The van der Waals surface area contributed by atoms with Crippen molar-refractivity contribution in [2.45, 2.75) is 11.4 Å². The molecule has 0 aliphatic heterocycles. The summed E-state index contributed by atoms with van der Waals surface area (Å²) >= 11 is 7.29. The van der Waals surface area contributed by atoms with Gasteiger partial charge in [0.05, 0.1) is 5.69 Å². The van der Waals surface area contributed by atoms with Gasteiger partial charge < -0.3 is 5.73 Å². The van der Waals surface area contributed by atoms with E-state index in [0.29, 0.717) is 5.02 Å². The Balaban J connectivity index is 2.22. The Morgan fingerprint density at radius 1 is 1.33 bits per heavy atom. The molecule has 0 aliphatic rings. The normalized spacial score (nSPS) is 11.6. The van der Waals surface area contributed by atoms with Gasteiger partial charge in [0.2, 0.25) is 10.0 Å². The molecule has 4 nitrogen and oxygen atoms in total. The molecular weight excluding hydrogens is 292 g/mol. The summed E-state index contributed by atoms with van der Waals surface area (Å²) in [4.78, 5) is 0.00484. The highest BCUT2D eigenvalue weighted by Gasteiger charge is 2.17. The number of nitrogen functional groups attached to an aromatic ring is 1. The van der Waals surface area contributed by atoms with Gasteiger partial charge in [-0.2, -0.15) is 11.3 Å². The van der Waals surface area contributed by atoms with E-state index < -0.39 is 10.0 Å². The predicted octanol–water partition coefficient (Wildman–Crippen LogP) is 2.46. The average molecular weight is 303 g/mol. The number of hydrogen-bond donors (Lipinski definition) is 2. The van der Waals surface area contributed by atoms with Crippen LogP contribution < -0.4 is 10.5 Å². The number of benzene rings is 1. The van der Waals surface area contributed by atoms with Crippen LogP contribution in [0.3, 0.4) is 0 Å². The van der Waals surface area contributed by atoms with Crippen LogP contribution in [0.2, 0.25) is 5.02 Å². The van der Waals surface area contributed by atoms with Gasteiger partial charge in [-0.15, -0.1) is 0 Å². The molecule has 0 bridgehead atoms. The lowest BCUT2D eigenvalue weighted by Crippen LogP contribution is -2.23. The van der Waals surface area contributed by atoms with E-state index in [4.69, 9.17) is 17.3 Å². The summed E-state index contributed by atoms with van der Waals surface area (Å²) in [6.07, 6.45) is 0. The van der Waals surface area contributed by atoms with Crippen molar-refractivity contribution in [1.29, 1.82) is 0 Å². The molecular formula is C11H11ClN2O2S2. The van der Waals surface area contributed by atoms with Gasteiger partial charge in [-0.1, -0.05) is 11.6 Å². The first kappa shape index (κ1) is 13.4. The topological polar surface area (TPSA) is 72.2 Å². The summed E-state index contributed by atoms with van der Waals surface area (Å²) in [5.74, 6) is 0. The Hall–Kier alpha value is -1.08. The molecule has 1 aromatic carbocycles. The van der Waals surface area contributed by atoms with Crippen molar-refractivity contribution >= 4 is 38.6 Å². The molecule has 2 rings (SSSR count). The second-order valence-electron chi connectivity index (χ2n) is 3.64. The minimum absolute atomic E-state index is 0.00484. The fourth-order valence-corrected chi connectivity index (χ4v) is 3.47. The highest BCUT2D eigenvalue weighted by atomic mass is 35.5. The lowest BCUT2D eigenvalue weighted by molar-refractivity contribution is 0.582. The zero-order valence-electron chi connectivity index (χ0n) is 9.26. The Bertz CT molecular complexity index is 639. The number of anilines is 1. The van der Waals surface area contributed by atoms with Crippen LogP contribution in [-0.2, 0) is 16.6 Å². The second kappa shape index (κ2) is 5.27. The molecule has 1 heterocycles. The van der Waals surface area contributed by atoms with Gasteiger partial charge in [0.1, 0.15) is 4.90 Å². The third-order valence-electron chi connectivity index (χ3n) is 2.31. The quantitative estimate of drug-likeness (QED) is 0.852. The Morgan fingerprint density at radius 2 is 2.11 bits per heavy atom. The largest absolute Gasteiger partial charge is 0.398 e. The van der Waals surface area contributed by atoms with Crippen LogP contribution in [0, 0.1) is 0 Å². The first-order valence-corrected chi connectivity index (χ1v) is 7.85. The zero-order chi connectivity index (χ0) is 13.2. The molecule has 3 N–H and O–H groups in total. The van der Waals surface area contributed by atoms with E-state index in [1.165, 1.54) is 23.5 Å². The summed E-state index contributed by atoms with van der Waals surface area (Å²) in [5, 5.41) is 4.10. The molecule has 2 aromatic rings. The molecule has 1 aromatic heterocycles. The molecule has 0 amide bonds. The van der Waals surface area contributed by atoms with Gasteiger partial charge in [-0.3, -0.25) is 0 Å². The van der Waals surface area contributed by atoms with E-state index in [1.807, 2.05) is 16.8 Å². The summed E-state index contributed by atoms with van der Waals surface area (Å²) in [6.45, 7) is 0.234. The molecule has 0 fully saturated rings. The van der Waals surface area contributed by atoms with Gasteiger partial charge in [0, 0.05) is 11.6 Å². The summed E-state index contributed by atoms with van der Waals surface area (Å²) in [7, 11) is -3.64. The molecule has 18 heavy (non-hydrogen) atoms.